The van der Waals surface area contributed by atoms with Crippen LogP contribution >= 0.6 is 27.7 Å². The Morgan fingerprint density at radius 1 is 1.47 bits per heavy atom. The summed E-state index contributed by atoms with van der Waals surface area (Å²) in [5, 5.41) is 3.49. The highest BCUT2D eigenvalue weighted by atomic mass is 79.9. The lowest BCUT2D eigenvalue weighted by Gasteiger charge is -2.03. The van der Waals surface area contributed by atoms with Crippen molar-refractivity contribution in [1.29, 1.82) is 0 Å². The number of amides is 1. The zero-order valence-corrected chi connectivity index (χ0v) is 12.9. The fraction of sp³-hybridized carbons (Fsp3) is 0.250. The van der Waals surface area contributed by atoms with E-state index >= 15 is 0 Å². The van der Waals surface area contributed by atoms with Gasteiger partial charge in [0, 0.05) is 16.4 Å². The van der Waals surface area contributed by atoms with E-state index in [1.807, 2.05) is 19.9 Å². The van der Waals surface area contributed by atoms with Gasteiger partial charge in [-0.05, 0) is 41.9 Å². The molecule has 0 aromatic carbocycles. The summed E-state index contributed by atoms with van der Waals surface area (Å²) in [6, 6.07) is 3.57. The van der Waals surface area contributed by atoms with E-state index < -0.39 is 0 Å². The summed E-state index contributed by atoms with van der Waals surface area (Å²) < 4.78 is 0.876. The van der Waals surface area contributed by atoms with Crippen molar-refractivity contribution in [3.63, 3.8) is 0 Å². The van der Waals surface area contributed by atoms with Crippen molar-refractivity contribution in [2.24, 2.45) is 0 Å². The van der Waals surface area contributed by atoms with Crippen LogP contribution < -0.4 is 5.32 Å². The van der Waals surface area contributed by atoms with Gasteiger partial charge in [0.05, 0.1) is 11.4 Å². The second kappa shape index (κ2) is 6.21. The Morgan fingerprint density at radius 3 is 2.84 bits per heavy atom. The number of nitrogens with one attached hydrogen (secondary N) is 2. The van der Waals surface area contributed by atoms with Crippen molar-refractivity contribution < 1.29 is 4.79 Å². The highest BCUT2D eigenvalue weighted by Crippen LogP contribution is 2.16. The van der Waals surface area contributed by atoms with Gasteiger partial charge in [-0.1, -0.05) is 11.8 Å². The maximum Gasteiger partial charge on any atom is 0.236 e. The van der Waals surface area contributed by atoms with Crippen molar-refractivity contribution in [2.75, 3.05) is 11.1 Å². The minimum atomic E-state index is -0.105. The normalized spacial score (nSPS) is 10.5. The predicted molar refractivity (Wildman–Crippen MR) is 79.4 cm³/mol. The van der Waals surface area contributed by atoms with Crippen molar-refractivity contribution in [1.82, 2.24) is 15.0 Å². The van der Waals surface area contributed by atoms with Gasteiger partial charge >= 0.3 is 0 Å². The molecular weight excluding hydrogens is 328 g/mol. The van der Waals surface area contributed by atoms with Crippen molar-refractivity contribution in [3.8, 4) is 0 Å². The van der Waals surface area contributed by atoms with Crippen molar-refractivity contribution in [3.05, 3.63) is 34.2 Å². The number of hydrogen-bond acceptors (Lipinski definition) is 4. The largest absolute Gasteiger partial charge is 0.337 e. The second-order valence-corrected chi connectivity index (χ2v) is 5.83. The molecule has 0 unspecified atom stereocenters. The fourth-order valence-corrected chi connectivity index (χ4v) is 2.35. The Kier molecular flexibility index (Phi) is 4.60. The topological polar surface area (TPSA) is 70.7 Å². The van der Waals surface area contributed by atoms with Crippen molar-refractivity contribution in [2.45, 2.75) is 19.0 Å². The highest BCUT2D eigenvalue weighted by Gasteiger charge is 2.07. The molecule has 7 heteroatoms. The lowest BCUT2D eigenvalue weighted by atomic mass is 10.4. The summed E-state index contributed by atoms with van der Waals surface area (Å²) in [4.78, 5) is 23.2. The van der Waals surface area contributed by atoms with E-state index in [0.717, 1.165) is 21.0 Å². The van der Waals surface area contributed by atoms with Crippen LogP contribution in [0.1, 0.15) is 11.4 Å². The highest BCUT2D eigenvalue weighted by molar-refractivity contribution is 9.10. The number of thioether (sulfide) groups is 1. The molecule has 0 aliphatic rings. The molecule has 2 heterocycles. The second-order valence-electron chi connectivity index (χ2n) is 3.95. The number of pyridine rings is 1. The van der Waals surface area contributed by atoms with Gasteiger partial charge in [-0.15, -0.1) is 0 Å². The van der Waals surface area contributed by atoms with Gasteiger partial charge < -0.3 is 10.3 Å². The van der Waals surface area contributed by atoms with Crippen LogP contribution in [0.15, 0.2) is 28.0 Å². The van der Waals surface area contributed by atoms with E-state index in [9.17, 15) is 4.79 Å². The van der Waals surface area contributed by atoms with Crippen LogP contribution in [-0.2, 0) is 4.79 Å². The summed E-state index contributed by atoms with van der Waals surface area (Å²) in [6.07, 6.45) is 1.64. The molecule has 2 aromatic heterocycles. The van der Waals surface area contributed by atoms with Crippen LogP contribution in [0.2, 0.25) is 0 Å². The molecule has 2 rings (SSSR count). The molecule has 0 fully saturated rings. The number of carbonyl (C=O) groups is 1. The minimum absolute atomic E-state index is 0.105. The van der Waals surface area contributed by atoms with Crippen LogP contribution in [0.5, 0.6) is 0 Å². The number of rotatable bonds is 4. The van der Waals surface area contributed by atoms with Crippen LogP contribution in [0.4, 0.5) is 5.82 Å². The lowest BCUT2D eigenvalue weighted by molar-refractivity contribution is -0.113. The minimum Gasteiger partial charge on any atom is -0.337 e. The molecule has 5 nitrogen and oxygen atoms in total. The standard InChI is InChI=1S/C12H13BrN4OS/c1-7-8(2)16-12(15-7)19-6-11(18)17-10-4-3-9(13)5-14-10/h3-5H,6H2,1-2H3,(H,15,16)(H,14,17,18). The van der Waals surface area contributed by atoms with Gasteiger partial charge in [-0.2, -0.15) is 0 Å². The summed E-state index contributed by atoms with van der Waals surface area (Å²) in [5.74, 6) is 0.733. The average molecular weight is 341 g/mol. The van der Waals surface area contributed by atoms with Crippen molar-refractivity contribution >= 4 is 39.4 Å². The zero-order chi connectivity index (χ0) is 13.8. The Hall–Kier alpha value is -1.34. The molecule has 2 aromatic rings. The van der Waals surface area contributed by atoms with Crippen LogP contribution in [0.25, 0.3) is 0 Å². The van der Waals surface area contributed by atoms with Gasteiger partial charge in [0.15, 0.2) is 5.16 Å². The molecule has 2 N–H and O–H groups in total. The quantitative estimate of drug-likeness (QED) is 0.839. The smallest absolute Gasteiger partial charge is 0.236 e. The molecule has 1 amide bonds. The SMILES string of the molecule is Cc1nc(SCC(=O)Nc2ccc(Br)cn2)[nH]c1C. The molecule has 0 radical (unpaired) electrons. The number of H-pyrrole nitrogens is 1. The van der Waals surface area contributed by atoms with E-state index in [4.69, 9.17) is 0 Å². The number of halogens is 1. The molecule has 0 spiro atoms. The summed E-state index contributed by atoms with van der Waals surface area (Å²) in [6.45, 7) is 3.89. The van der Waals surface area contributed by atoms with Gasteiger partial charge in [-0.3, -0.25) is 4.79 Å². The number of anilines is 1. The first-order valence-corrected chi connectivity index (χ1v) is 7.40. The molecule has 0 atom stereocenters. The Bertz CT molecular complexity index is 562. The summed E-state index contributed by atoms with van der Waals surface area (Å²) in [7, 11) is 0. The number of aromatic nitrogens is 3. The van der Waals surface area contributed by atoms with E-state index in [2.05, 4.69) is 36.2 Å². The number of hydrogen-bond donors (Lipinski definition) is 2. The Labute approximate surface area is 123 Å². The number of aromatic amines is 1. The number of aryl methyl sites for hydroxylation is 2. The third-order valence-electron chi connectivity index (χ3n) is 2.44. The fourth-order valence-electron chi connectivity index (χ4n) is 1.35. The first-order chi connectivity index (χ1) is 9.04. The number of nitrogens with zero attached hydrogens (tertiary/aromatic N) is 2. The molecule has 19 heavy (non-hydrogen) atoms. The maximum atomic E-state index is 11.7. The molecule has 0 saturated heterocycles. The predicted octanol–water partition coefficient (Wildman–Crippen LogP) is 2.91. The third-order valence-corrected chi connectivity index (χ3v) is 3.78. The van der Waals surface area contributed by atoms with E-state index in [1.165, 1.54) is 11.8 Å². The molecular formula is C12H13BrN4OS. The average Bonchev–Trinajstić information content (AvgIpc) is 2.69. The van der Waals surface area contributed by atoms with Crippen LogP contribution in [-0.4, -0.2) is 26.6 Å². The lowest BCUT2D eigenvalue weighted by Crippen LogP contribution is -2.14. The van der Waals surface area contributed by atoms with Crippen LogP contribution in [0, 0.1) is 13.8 Å². The Morgan fingerprint density at radius 2 is 2.26 bits per heavy atom. The van der Waals surface area contributed by atoms with E-state index in [0.29, 0.717) is 11.6 Å². The molecule has 0 bridgehead atoms. The monoisotopic (exact) mass is 340 g/mol. The summed E-state index contributed by atoms with van der Waals surface area (Å²) in [5.41, 5.74) is 1.98. The number of carbonyl (C=O) groups excluding carboxylic acids is 1. The third kappa shape index (κ3) is 4.07. The molecule has 0 saturated carbocycles. The van der Waals surface area contributed by atoms with Gasteiger partial charge in [-0.25, -0.2) is 9.97 Å². The molecule has 0 aliphatic carbocycles. The molecule has 0 aliphatic heterocycles. The molecule has 100 valence electrons. The summed E-state index contributed by atoms with van der Waals surface area (Å²) >= 11 is 4.66. The maximum absolute atomic E-state index is 11.7. The van der Waals surface area contributed by atoms with Gasteiger partial charge in [0.2, 0.25) is 5.91 Å². The Balaban J connectivity index is 1.86. The number of imidazole rings is 1. The zero-order valence-electron chi connectivity index (χ0n) is 10.5. The van der Waals surface area contributed by atoms with Gasteiger partial charge in [0.25, 0.3) is 0 Å². The first kappa shape index (κ1) is 14.1. The van der Waals surface area contributed by atoms with E-state index in [-0.39, 0.29) is 5.91 Å². The van der Waals surface area contributed by atoms with Gasteiger partial charge in [0.1, 0.15) is 5.82 Å². The van der Waals surface area contributed by atoms with Crippen LogP contribution in [0.3, 0.4) is 0 Å². The van der Waals surface area contributed by atoms with E-state index in [1.54, 1.807) is 12.3 Å². The first-order valence-electron chi connectivity index (χ1n) is 5.62.